The second kappa shape index (κ2) is 3.63. The van der Waals surface area contributed by atoms with Crippen LogP contribution in [0.4, 0.5) is 0 Å². The number of carbonyl (C=O) groups excluding carboxylic acids is 1. The van der Waals surface area contributed by atoms with Gasteiger partial charge in [0.1, 0.15) is 0 Å². The second-order valence-corrected chi connectivity index (χ2v) is 4.90. The number of esters is 1. The van der Waals surface area contributed by atoms with E-state index in [4.69, 9.17) is 4.74 Å². The monoisotopic (exact) mass is 268 g/mol. The van der Waals surface area contributed by atoms with Crippen molar-refractivity contribution in [2.75, 3.05) is 7.11 Å². The molecule has 1 aromatic carbocycles. The third-order valence-corrected chi connectivity index (χ3v) is 3.90. The zero-order chi connectivity index (χ0) is 11.1. The fourth-order valence-electron chi connectivity index (χ4n) is 2.20. The molecule has 1 aliphatic carbocycles. The molecule has 2 rings (SSSR count). The van der Waals surface area contributed by atoms with Crippen molar-refractivity contribution in [1.82, 2.24) is 0 Å². The van der Waals surface area contributed by atoms with Gasteiger partial charge in [0.15, 0.2) is 0 Å². The lowest BCUT2D eigenvalue weighted by Crippen LogP contribution is -2.24. The van der Waals surface area contributed by atoms with E-state index in [9.17, 15) is 4.79 Å². The normalized spacial score (nSPS) is 28.6. The minimum atomic E-state index is -0.408. The maximum absolute atomic E-state index is 11.8. The van der Waals surface area contributed by atoms with E-state index in [1.807, 2.05) is 24.3 Å². The average Bonchev–Trinajstić information content (AvgIpc) is 2.91. The van der Waals surface area contributed by atoms with Crippen molar-refractivity contribution in [3.63, 3.8) is 0 Å². The number of halogens is 1. The Labute approximate surface area is 97.8 Å². The molecule has 80 valence electrons. The number of hydrogen-bond acceptors (Lipinski definition) is 2. The average molecular weight is 269 g/mol. The van der Waals surface area contributed by atoms with Crippen molar-refractivity contribution >= 4 is 21.9 Å². The summed E-state index contributed by atoms with van der Waals surface area (Å²) in [5.41, 5.74) is 0.638. The van der Waals surface area contributed by atoms with Gasteiger partial charge in [-0.05, 0) is 24.0 Å². The van der Waals surface area contributed by atoms with Crippen LogP contribution in [0.1, 0.15) is 18.9 Å². The summed E-state index contributed by atoms with van der Waals surface area (Å²) >= 11 is 3.49. The maximum atomic E-state index is 11.8. The third kappa shape index (κ3) is 1.49. The van der Waals surface area contributed by atoms with Crippen LogP contribution in [0.5, 0.6) is 0 Å². The highest BCUT2D eigenvalue weighted by Crippen LogP contribution is 2.56. The van der Waals surface area contributed by atoms with Crippen molar-refractivity contribution in [2.45, 2.75) is 18.8 Å². The topological polar surface area (TPSA) is 26.3 Å². The van der Waals surface area contributed by atoms with E-state index in [1.165, 1.54) is 7.11 Å². The van der Waals surface area contributed by atoms with Crippen LogP contribution in [0.2, 0.25) is 0 Å². The predicted molar refractivity (Wildman–Crippen MR) is 61.6 cm³/mol. The molecule has 0 N–H and O–H groups in total. The molecule has 0 bridgehead atoms. The molecule has 3 heteroatoms. The van der Waals surface area contributed by atoms with Gasteiger partial charge in [-0.3, -0.25) is 4.79 Å². The van der Waals surface area contributed by atoms with E-state index in [0.717, 1.165) is 16.5 Å². The zero-order valence-corrected chi connectivity index (χ0v) is 10.4. The molecule has 0 aliphatic heterocycles. The molecule has 0 heterocycles. The summed E-state index contributed by atoms with van der Waals surface area (Å²) in [5.74, 6) is 0.241. The van der Waals surface area contributed by atoms with Crippen LogP contribution < -0.4 is 0 Å². The number of hydrogen-bond donors (Lipinski definition) is 0. The lowest BCUT2D eigenvalue weighted by atomic mass is 9.94. The highest BCUT2D eigenvalue weighted by Gasteiger charge is 2.60. The van der Waals surface area contributed by atoms with Crippen molar-refractivity contribution in [2.24, 2.45) is 5.92 Å². The lowest BCUT2D eigenvalue weighted by molar-refractivity contribution is -0.144. The molecule has 1 aromatic rings. The first-order valence-corrected chi connectivity index (χ1v) is 5.75. The molecule has 15 heavy (non-hydrogen) atoms. The van der Waals surface area contributed by atoms with Crippen LogP contribution in [-0.2, 0) is 14.9 Å². The number of methoxy groups -OCH3 is 1. The zero-order valence-electron chi connectivity index (χ0n) is 8.79. The minimum Gasteiger partial charge on any atom is -0.468 e. The minimum absolute atomic E-state index is 0.123. The van der Waals surface area contributed by atoms with Crippen molar-refractivity contribution in [3.05, 3.63) is 34.3 Å². The van der Waals surface area contributed by atoms with Crippen molar-refractivity contribution in [3.8, 4) is 0 Å². The second-order valence-electron chi connectivity index (χ2n) is 4.05. The Kier molecular flexibility index (Phi) is 2.59. The van der Waals surface area contributed by atoms with Gasteiger partial charge in [-0.1, -0.05) is 41.1 Å². The smallest absolute Gasteiger partial charge is 0.316 e. The van der Waals surface area contributed by atoms with E-state index in [0.29, 0.717) is 5.92 Å². The van der Waals surface area contributed by atoms with Gasteiger partial charge >= 0.3 is 5.97 Å². The van der Waals surface area contributed by atoms with E-state index in [-0.39, 0.29) is 5.97 Å². The van der Waals surface area contributed by atoms with Crippen molar-refractivity contribution < 1.29 is 9.53 Å². The summed E-state index contributed by atoms with van der Waals surface area (Å²) in [6.07, 6.45) is 0.877. The van der Waals surface area contributed by atoms with Crippen LogP contribution in [0.25, 0.3) is 0 Å². The molecule has 1 saturated carbocycles. The van der Waals surface area contributed by atoms with Gasteiger partial charge < -0.3 is 4.74 Å². The van der Waals surface area contributed by atoms with Crippen LogP contribution >= 0.6 is 15.9 Å². The fourth-order valence-corrected chi connectivity index (χ4v) is 2.84. The first-order valence-electron chi connectivity index (χ1n) is 4.96. The van der Waals surface area contributed by atoms with Gasteiger partial charge in [0.25, 0.3) is 0 Å². The number of carbonyl (C=O) groups is 1. The van der Waals surface area contributed by atoms with E-state index >= 15 is 0 Å². The molecule has 0 aromatic heterocycles. The van der Waals surface area contributed by atoms with Crippen LogP contribution in [0.15, 0.2) is 28.7 Å². The summed E-state index contributed by atoms with van der Waals surface area (Å²) in [6.45, 7) is 2.08. The Morgan fingerprint density at radius 2 is 2.13 bits per heavy atom. The van der Waals surface area contributed by atoms with Gasteiger partial charge in [-0.15, -0.1) is 0 Å². The number of ether oxygens (including phenoxy) is 1. The van der Waals surface area contributed by atoms with Gasteiger partial charge in [0.2, 0.25) is 0 Å². The first kappa shape index (κ1) is 10.7. The first-order chi connectivity index (χ1) is 7.13. The molecule has 0 amide bonds. The van der Waals surface area contributed by atoms with Crippen LogP contribution in [0, 0.1) is 5.92 Å². The van der Waals surface area contributed by atoms with E-state index < -0.39 is 5.41 Å². The van der Waals surface area contributed by atoms with Gasteiger partial charge in [-0.2, -0.15) is 0 Å². The SMILES string of the molecule is COC(=O)C1(c2ccccc2Br)CC1C. The molecular formula is C12H13BrO2. The summed E-state index contributed by atoms with van der Waals surface area (Å²) in [6, 6.07) is 7.86. The molecule has 0 saturated heterocycles. The summed E-state index contributed by atoms with van der Waals surface area (Å²) < 4.78 is 5.88. The molecule has 2 atom stereocenters. The van der Waals surface area contributed by atoms with Gasteiger partial charge in [-0.25, -0.2) is 0 Å². The maximum Gasteiger partial charge on any atom is 0.316 e. The highest BCUT2D eigenvalue weighted by molar-refractivity contribution is 9.10. The van der Waals surface area contributed by atoms with E-state index in [1.54, 1.807) is 0 Å². The Morgan fingerprint density at radius 1 is 1.53 bits per heavy atom. The van der Waals surface area contributed by atoms with Gasteiger partial charge in [0, 0.05) is 4.47 Å². The third-order valence-electron chi connectivity index (χ3n) is 3.21. The largest absolute Gasteiger partial charge is 0.468 e. The highest BCUT2D eigenvalue weighted by atomic mass is 79.9. The lowest BCUT2D eigenvalue weighted by Gasteiger charge is -2.15. The summed E-state index contributed by atoms with van der Waals surface area (Å²) in [4.78, 5) is 11.8. The molecule has 1 aliphatic rings. The standard InChI is InChI=1S/C12H13BrO2/c1-8-7-12(8,11(14)15-2)9-5-3-4-6-10(9)13/h3-6,8H,7H2,1-2H3. The summed E-state index contributed by atoms with van der Waals surface area (Å²) in [7, 11) is 1.45. The summed E-state index contributed by atoms with van der Waals surface area (Å²) in [5, 5.41) is 0. The molecule has 1 fully saturated rings. The Morgan fingerprint density at radius 3 is 2.60 bits per heavy atom. The number of benzene rings is 1. The van der Waals surface area contributed by atoms with Crippen molar-refractivity contribution in [1.29, 1.82) is 0 Å². The quantitative estimate of drug-likeness (QED) is 0.772. The molecule has 2 nitrogen and oxygen atoms in total. The van der Waals surface area contributed by atoms with Crippen LogP contribution in [0.3, 0.4) is 0 Å². The Bertz CT molecular complexity index is 402. The van der Waals surface area contributed by atoms with E-state index in [2.05, 4.69) is 22.9 Å². The fraction of sp³-hybridized carbons (Fsp3) is 0.417. The van der Waals surface area contributed by atoms with Crippen LogP contribution in [-0.4, -0.2) is 13.1 Å². The predicted octanol–water partition coefficient (Wildman–Crippen LogP) is 2.90. The Hall–Kier alpha value is -0.830. The molecule has 2 unspecified atom stereocenters. The molecule has 0 spiro atoms. The Balaban J connectivity index is 2.45. The number of rotatable bonds is 2. The van der Waals surface area contributed by atoms with Gasteiger partial charge in [0.05, 0.1) is 12.5 Å². The molecule has 0 radical (unpaired) electrons. The molecular weight excluding hydrogens is 256 g/mol.